The third kappa shape index (κ3) is 9.49. The minimum absolute atomic E-state index is 0.171. The van der Waals surface area contributed by atoms with Crippen LogP contribution < -0.4 is 5.32 Å². The van der Waals surface area contributed by atoms with E-state index in [0.29, 0.717) is 11.8 Å². The smallest absolute Gasteiger partial charge is 0.122 e. The quantitative estimate of drug-likeness (QED) is 0.532. The van der Waals surface area contributed by atoms with Crippen LogP contribution in [0.1, 0.15) is 37.0 Å². The van der Waals surface area contributed by atoms with E-state index in [0.717, 1.165) is 50.1 Å². The summed E-state index contributed by atoms with van der Waals surface area (Å²) >= 11 is 0. The van der Waals surface area contributed by atoms with Crippen molar-refractivity contribution in [2.45, 2.75) is 46.1 Å². The van der Waals surface area contributed by atoms with Gasteiger partial charge in [0.25, 0.3) is 0 Å². The highest BCUT2D eigenvalue weighted by molar-refractivity contribution is 5.48. The second kappa shape index (κ2) is 16.8. The molecule has 2 aliphatic rings. The van der Waals surface area contributed by atoms with Gasteiger partial charge in [0.1, 0.15) is 30.8 Å². The van der Waals surface area contributed by atoms with Crippen molar-refractivity contribution in [3.8, 4) is 17.2 Å². The van der Waals surface area contributed by atoms with Crippen molar-refractivity contribution < 1.29 is 24.9 Å². The summed E-state index contributed by atoms with van der Waals surface area (Å²) in [7, 11) is 0. The van der Waals surface area contributed by atoms with Crippen molar-refractivity contribution in [3.05, 3.63) is 53.1 Å². The lowest BCUT2D eigenvalue weighted by atomic mass is 10.1. The lowest BCUT2D eigenvalue weighted by molar-refractivity contribution is -0.0987. The van der Waals surface area contributed by atoms with Crippen LogP contribution in [0, 0.1) is 6.92 Å². The number of nitrogens with one attached hydrogen (secondary N) is 1. The van der Waals surface area contributed by atoms with Gasteiger partial charge in [0.2, 0.25) is 0 Å². The number of aromatic hydroxyl groups is 3. The van der Waals surface area contributed by atoms with Gasteiger partial charge in [-0.25, -0.2) is 0 Å². The fourth-order valence-electron chi connectivity index (χ4n) is 3.71. The van der Waals surface area contributed by atoms with Crippen LogP contribution in [-0.2, 0) is 22.4 Å². The molecule has 0 amide bonds. The van der Waals surface area contributed by atoms with Gasteiger partial charge in [-0.2, -0.15) is 0 Å². The maximum Gasteiger partial charge on any atom is 0.122 e. The summed E-state index contributed by atoms with van der Waals surface area (Å²) in [5.74, 6) is 0.750. The summed E-state index contributed by atoms with van der Waals surface area (Å²) in [5.41, 5.74) is 3.30. The fraction of sp³-hybridized carbons (Fsp3) is 0.440. The molecule has 1 fully saturated rings. The van der Waals surface area contributed by atoms with Gasteiger partial charge in [0.15, 0.2) is 0 Å². The van der Waals surface area contributed by atoms with E-state index in [-0.39, 0.29) is 11.5 Å². The van der Waals surface area contributed by atoms with Gasteiger partial charge >= 0.3 is 0 Å². The minimum Gasteiger partial charge on any atom is -0.508 e. The van der Waals surface area contributed by atoms with E-state index < -0.39 is 0 Å². The number of hydrogen-bond donors (Lipinski definition) is 4. The lowest BCUT2D eigenvalue weighted by Gasteiger charge is -2.26. The van der Waals surface area contributed by atoms with Crippen molar-refractivity contribution in [1.29, 1.82) is 0 Å². The molecule has 2 aromatic carbocycles. The van der Waals surface area contributed by atoms with E-state index in [1.165, 1.54) is 18.1 Å². The first-order valence-electron chi connectivity index (χ1n) is 10.8. The average molecular weight is 447 g/mol. The summed E-state index contributed by atoms with van der Waals surface area (Å²) in [6, 6.07) is 10.8. The largest absolute Gasteiger partial charge is 0.508 e. The SMILES string of the molecule is C=O.C=O.CC.Cc1ccc(O)cc1.Oc1cc(O)c2c(c1)CC(N1CCCNCC1)C2. The van der Waals surface area contributed by atoms with Gasteiger partial charge in [0.05, 0.1) is 0 Å². The molecule has 0 radical (unpaired) electrons. The van der Waals surface area contributed by atoms with Crippen LogP contribution in [0.25, 0.3) is 0 Å². The predicted octanol–water partition coefficient (Wildman–Crippen LogP) is 3.22. The molecular formula is C25H38N2O5. The first-order valence-corrected chi connectivity index (χ1v) is 10.8. The van der Waals surface area contributed by atoms with Crippen molar-refractivity contribution in [2.75, 3.05) is 26.2 Å². The first-order chi connectivity index (χ1) is 15.5. The molecule has 1 unspecified atom stereocenters. The fourth-order valence-corrected chi connectivity index (χ4v) is 3.71. The molecule has 4 rings (SSSR count). The number of nitrogens with zero attached hydrogens (tertiary/aromatic N) is 1. The second-order valence-electron chi connectivity index (χ2n) is 7.14. The van der Waals surface area contributed by atoms with Crippen molar-refractivity contribution in [3.63, 3.8) is 0 Å². The summed E-state index contributed by atoms with van der Waals surface area (Å²) in [5, 5.41) is 31.6. The maximum absolute atomic E-state index is 9.89. The zero-order chi connectivity index (χ0) is 24.5. The van der Waals surface area contributed by atoms with Crippen molar-refractivity contribution >= 4 is 13.6 Å². The Morgan fingerprint density at radius 1 is 0.875 bits per heavy atom. The molecule has 7 nitrogen and oxygen atoms in total. The first kappa shape index (κ1) is 29.1. The number of carbonyl (C=O) groups excluding carboxylic acids is 2. The van der Waals surface area contributed by atoms with E-state index >= 15 is 0 Å². The minimum atomic E-state index is 0.171. The summed E-state index contributed by atoms with van der Waals surface area (Å²) in [4.78, 5) is 18.5. The molecule has 1 saturated heterocycles. The van der Waals surface area contributed by atoms with E-state index in [9.17, 15) is 10.2 Å². The highest BCUT2D eigenvalue weighted by Crippen LogP contribution is 2.35. The third-order valence-electron chi connectivity index (χ3n) is 5.12. The van der Waals surface area contributed by atoms with Crippen LogP contribution in [0.4, 0.5) is 0 Å². The predicted molar refractivity (Wildman–Crippen MR) is 128 cm³/mol. The van der Waals surface area contributed by atoms with Crippen molar-refractivity contribution in [2.24, 2.45) is 0 Å². The Hall–Kier alpha value is -2.90. The van der Waals surface area contributed by atoms with E-state index in [1.807, 2.05) is 46.5 Å². The third-order valence-corrected chi connectivity index (χ3v) is 5.12. The van der Waals surface area contributed by atoms with Gasteiger partial charge in [0, 0.05) is 25.2 Å². The van der Waals surface area contributed by atoms with E-state index in [2.05, 4.69) is 10.2 Å². The number of carbonyl (C=O) groups is 2. The van der Waals surface area contributed by atoms with Gasteiger partial charge < -0.3 is 30.2 Å². The van der Waals surface area contributed by atoms with E-state index in [4.69, 9.17) is 14.7 Å². The normalized spacial score (nSPS) is 16.7. The lowest BCUT2D eigenvalue weighted by Crippen LogP contribution is -2.38. The number of hydrogen-bond acceptors (Lipinski definition) is 7. The highest BCUT2D eigenvalue weighted by atomic mass is 16.3. The number of rotatable bonds is 1. The van der Waals surface area contributed by atoms with E-state index in [1.54, 1.807) is 18.2 Å². The molecule has 0 spiro atoms. The van der Waals surface area contributed by atoms with Gasteiger partial charge in [-0.15, -0.1) is 0 Å². The molecule has 32 heavy (non-hydrogen) atoms. The zero-order valence-electron chi connectivity index (χ0n) is 19.5. The Labute approximate surface area is 191 Å². The zero-order valence-corrected chi connectivity index (χ0v) is 19.5. The van der Waals surface area contributed by atoms with Gasteiger partial charge in [-0.1, -0.05) is 31.5 Å². The van der Waals surface area contributed by atoms with Crippen LogP contribution in [0.15, 0.2) is 36.4 Å². The van der Waals surface area contributed by atoms with Crippen LogP contribution >= 0.6 is 0 Å². The van der Waals surface area contributed by atoms with Gasteiger partial charge in [-0.3, -0.25) is 4.90 Å². The Morgan fingerprint density at radius 2 is 1.50 bits per heavy atom. The monoisotopic (exact) mass is 446 g/mol. The number of fused-ring (bicyclic) bond motifs is 1. The average Bonchev–Trinajstić information content (AvgIpc) is 3.06. The molecule has 1 aliphatic carbocycles. The molecule has 0 bridgehead atoms. The second-order valence-corrected chi connectivity index (χ2v) is 7.14. The number of aryl methyl sites for hydroxylation is 1. The molecular weight excluding hydrogens is 408 g/mol. The Bertz CT molecular complexity index is 737. The highest BCUT2D eigenvalue weighted by Gasteiger charge is 2.29. The van der Waals surface area contributed by atoms with Crippen LogP contribution in [0.3, 0.4) is 0 Å². The number of phenols is 3. The number of benzene rings is 2. The van der Waals surface area contributed by atoms with Crippen LogP contribution in [0.2, 0.25) is 0 Å². The molecule has 1 heterocycles. The Morgan fingerprint density at radius 3 is 2.09 bits per heavy atom. The van der Waals surface area contributed by atoms with Crippen molar-refractivity contribution in [1.82, 2.24) is 10.2 Å². The molecule has 1 aliphatic heterocycles. The standard InChI is InChI=1S/C14H20N2O2.C7H8O.C2H6.2CH2O/c17-12-7-10-6-11(8-13(10)14(18)9-12)16-4-1-2-15-3-5-16;1-6-2-4-7(8)5-3-6;3*1-2/h7,9,11,15,17-18H,1-6,8H2;2-5,8H,1H3;1-2H3;2*1H2. The molecule has 2 aromatic rings. The molecule has 1 atom stereocenters. The molecule has 4 N–H and O–H groups in total. The molecule has 178 valence electrons. The Kier molecular flexibility index (Phi) is 15.2. The molecule has 7 heteroatoms. The summed E-state index contributed by atoms with van der Waals surface area (Å²) in [6.07, 6.45) is 3.03. The maximum atomic E-state index is 9.89. The van der Waals surface area contributed by atoms with Crippen LogP contribution in [-0.4, -0.2) is 66.0 Å². The van der Waals surface area contributed by atoms with Crippen LogP contribution in [0.5, 0.6) is 17.2 Å². The van der Waals surface area contributed by atoms with Gasteiger partial charge in [-0.05, 0) is 68.6 Å². The topological polar surface area (TPSA) is 110 Å². The molecule has 0 aromatic heterocycles. The number of phenolic OH excluding ortho intramolecular Hbond substituents is 3. The summed E-state index contributed by atoms with van der Waals surface area (Å²) in [6.45, 7) is 14.3. The Balaban J connectivity index is 0.000000577. The summed E-state index contributed by atoms with van der Waals surface area (Å²) < 4.78 is 0. The molecule has 0 saturated carbocycles.